The van der Waals surface area contributed by atoms with E-state index in [0.717, 1.165) is 30.7 Å². The third-order valence-electron chi connectivity index (χ3n) is 7.81. The van der Waals surface area contributed by atoms with Gasteiger partial charge < -0.3 is 14.7 Å². The third-order valence-corrected chi connectivity index (χ3v) is 7.81. The van der Waals surface area contributed by atoms with Crippen LogP contribution in [0.1, 0.15) is 49.7 Å². The molecule has 1 N–H and O–H groups in total. The van der Waals surface area contributed by atoms with E-state index < -0.39 is 0 Å². The molecule has 0 aliphatic heterocycles. The number of benzene rings is 2. The molecule has 6 rings (SSSR count). The fourth-order valence-electron chi connectivity index (χ4n) is 7.00. The second-order valence-electron chi connectivity index (χ2n) is 10.2. The van der Waals surface area contributed by atoms with Crippen molar-refractivity contribution in [3.63, 3.8) is 0 Å². The highest BCUT2D eigenvalue weighted by molar-refractivity contribution is 5.40. The van der Waals surface area contributed by atoms with Crippen molar-refractivity contribution in [2.45, 2.75) is 49.4 Å². The van der Waals surface area contributed by atoms with Crippen molar-refractivity contribution in [3.05, 3.63) is 59.7 Å². The minimum Gasteiger partial charge on any atom is -0.508 e. The van der Waals surface area contributed by atoms with E-state index in [1.165, 1.54) is 49.7 Å². The molecule has 0 heterocycles. The van der Waals surface area contributed by atoms with E-state index in [4.69, 9.17) is 4.74 Å². The minimum absolute atomic E-state index is 0.290. The van der Waals surface area contributed by atoms with Crippen molar-refractivity contribution in [1.82, 2.24) is 4.90 Å². The quantitative estimate of drug-likeness (QED) is 0.742. The largest absolute Gasteiger partial charge is 0.508 e. The molecule has 4 aliphatic carbocycles. The Bertz CT molecular complexity index is 841. The highest BCUT2D eigenvalue weighted by atomic mass is 16.5. The van der Waals surface area contributed by atoms with Crippen LogP contribution in [0.4, 0.5) is 0 Å². The van der Waals surface area contributed by atoms with Gasteiger partial charge in [-0.25, -0.2) is 0 Å². The lowest BCUT2D eigenvalue weighted by molar-refractivity contribution is -0.0281. The van der Waals surface area contributed by atoms with Crippen molar-refractivity contribution in [2.75, 3.05) is 27.2 Å². The molecule has 0 spiro atoms. The highest BCUT2D eigenvalue weighted by Crippen LogP contribution is 2.66. The summed E-state index contributed by atoms with van der Waals surface area (Å²) in [7, 11) is 4.15. The van der Waals surface area contributed by atoms with Gasteiger partial charge in [-0.2, -0.15) is 0 Å². The molecule has 0 amide bonds. The van der Waals surface area contributed by atoms with E-state index >= 15 is 0 Å². The zero-order valence-corrected chi connectivity index (χ0v) is 17.7. The standard InChI is InChI=1S/C26H33NO2/c1-27(2)11-12-29-24-9-5-22(6-10-24)26-16-19-13-20(17-26)15-25(14-19,18-26)21-3-7-23(28)8-4-21/h3-10,19-20,28H,11-18H2,1-2H3/t19-,20+,25?,26?. The number of hydrogen-bond donors (Lipinski definition) is 1. The molecule has 4 saturated carbocycles. The summed E-state index contributed by atoms with van der Waals surface area (Å²) in [5.74, 6) is 3.02. The molecular weight excluding hydrogens is 358 g/mol. The maximum absolute atomic E-state index is 9.77. The van der Waals surface area contributed by atoms with Crippen LogP contribution in [-0.2, 0) is 10.8 Å². The van der Waals surface area contributed by atoms with Gasteiger partial charge in [-0.15, -0.1) is 0 Å². The molecule has 3 nitrogen and oxygen atoms in total. The number of phenols is 1. The molecule has 0 saturated heterocycles. The SMILES string of the molecule is CN(C)CCOc1ccc(C23C[C@@H]4C[C@@H](CC(c5ccc(O)cc5)(C4)C2)C3)cc1. The Morgan fingerprint density at radius 1 is 0.862 bits per heavy atom. The summed E-state index contributed by atoms with van der Waals surface area (Å²) in [6, 6.07) is 17.1. The number of phenolic OH excluding ortho intramolecular Hbond substituents is 1. The predicted molar refractivity (Wildman–Crippen MR) is 117 cm³/mol. The van der Waals surface area contributed by atoms with Gasteiger partial charge in [-0.3, -0.25) is 0 Å². The van der Waals surface area contributed by atoms with E-state index in [1.807, 2.05) is 12.1 Å². The highest BCUT2D eigenvalue weighted by Gasteiger charge is 2.58. The zero-order chi connectivity index (χ0) is 20.1. The van der Waals surface area contributed by atoms with E-state index in [-0.39, 0.29) is 0 Å². The first-order valence-corrected chi connectivity index (χ1v) is 11.1. The summed E-state index contributed by atoms with van der Waals surface area (Å²) in [4.78, 5) is 2.15. The summed E-state index contributed by atoms with van der Waals surface area (Å²) >= 11 is 0. The Balaban J connectivity index is 1.41. The van der Waals surface area contributed by atoms with Crippen molar-refractivity contribution >= 4 is 0 Å². The summed E-state index contributed by atoms with van der Waals surface area (Å²) < 4.78 is 5.93. The molecule has 4 bridgehead atoms. The third kappa shape index (κ3) is 3.44. The van der Waals surface area contributed by atoms with Crippen molar-refractivity contribution in [3.8, 4) is 11.5 Å². The maximum Gasteiger partial charge on any atom is 0.119 e. The van der Waals surface area contributed by atoms with Crippen molar-refractivity contribution in [2.24, 2.45) is 11.8 Å². The minimum atomic E-state index is 0.290. The van der Waals surface area contributed by atoms with E-state index in [2.05, 4.69) is 55.4 Å². The Hall–Kier alpha value is -2.00. The van der Waals surface area contributed by atoms with E-state index in [0.29, 0.717) is 16.6 Å². The maximum atomic E-state index is 9.77. The van der Waals surface area contributed by atoms with E-state index in [9.17, 15) is 5.11 Å². The lowest BCUT2D eigenvalue weighted by Gasteiger charge is -2.62. The fourth-order valence-corrected chi connectivity index (χ4v) is 7.00. The Labute approximate surface area is 174 Å². The number of hydrogen-bond acceptors (Lipinski definition) is 3. The lowest BCUT2D eigenvalue weighted by atomic mass is 9.42. The number of ether oxygens (including phenoxy) is 1. The van der Waals surface area contributed by atoms with Gasteiger partial charge in [-0.05, 0) is 111 Å². The molecule has 154 valence electrons. The van der Waals surface area contributed by atoms with Crippen LogP contribution in [0.15, 0.2) is 48.5 Å². The summed E-state index contributed by atoms with van der Waals surface area (Å²) in [5.41, 5.74) is 3.55. The Kier molecular flexibility index (Phi) is 4.62. The number of aromatic hydroxyl groups is 1. The topological polar surface area (TPSA) is 32.7 Å². The average Bonchev–Trinajstić information content (AvgIpc) is 2.67. The fraction of sp³-hybridized carbons (Fsp3) is 0.538. The molecule has 2 aromatic carbocycles. The second kappa shape index (κ2) is 7.05. The molecule has 0 radical (unpaired) electrons. The van der Waals surface area contributed by atoms with Crippen LogP contribution < -0.4 is 4.74 Å². The van der Waals surface area contributed by atoms with Crippen LogP contribution in [0.25, 0.3) is 0 Å². The molecule has 0 aromatic heterocycles. The summed E-state index contributed by atoms with van der Waals surface area (Å²) in [6.45, 7) is 1.66. The molecule has 4 atom stereocenters. The average molecular weight is 392 g/mol. The van der Waals surface area contributed by atoms with Crippen LogP contribution in [-0.4, -0.2) is 37.3 Å². The number of likely N-dealkylation sites (N-methyl/N-ethyl adjacent to an activating group) is 1. The van der Waals surface area contributed by atoms with Gasteiger partial charge >= 0.3 is 0 Å². The molecule has 2 aromatic rings. The Morgan fingerprint density at radius 2 is 1.38 bits per heavy atom. The first kappa shape index (κ1) is 19.0. The summed E-state index contributed by atoms with van der Waals surface area (Å²) in [6.07, 6.45) is 7.98. The zero-order valence-electron chi connectivity index (χ0n) is 17.7. The molecule has 3 heteroatoms. The van der Waals surface area contributed by atoms with Crippen LogP contribution in [0.5, 0.6) is 11.5 Å². The Morgan fingerprint density at radius 3 is 1.90 bits per heavy atom. The first-order chi connectivity index (χ1) is 14.0. The van der Waals surface area contributed by atoms with Crippen LogP contribution >= 0.6 is 0 Å². The van der Waals surface area contributed by atoms with Gasteiger partial charge in [0.2, 0.25) is 0 Å². The molecule has 4 fully saturated rings. The van der Waals surface area contributed by atoms with Crippen LogP contribution in [0, 0.1) is 11.8 Å². The van der Waals surface area contributed by atoms with Gasteiger partial charge in [0.1, 0.15) is 18.1 Å². The lowest BCUT2D eigenvalue weighted by Crippen LogP contribution is -2.55. The first-order valence-electron chi connectivity index (χ1n) is 11.1. The van der Waals surface area contributed by atoms with Gasteiger partial charge in [0.25, 0.3) is 0 Å². The van der Waals surface area contributed by atoms with Gasteiger partial charge in [0.15, 0.2) is 0 Å². The molecule has 2 unspecified atom stereocenters. The van der Waals surface area contributed by atoms with Crippen molar-refractivity contribution < 1.29 is 9.84 Å². The van der Waals surface area contributed by atoms with Gasteiger partial charge in [0, 0.05) is 6.54 Å². The molecule has 29 heavy (non-hydrogen) atoms. The van der Waals surface area contributed by atoms with Crippen LogP contribution in [0.3, 0.4) is 0 Å². The van der Waals surface area contributed by atoms with E-state index in [1.54, 1.807) is 0 Å². The monoisotopic (exact) mass is 391 g/mol. The molecule has 4 aliphatic rings. The van der Waals surface area contributed by atoms with Gasteiger partial charge in [0.05, 0.1) is 0 Å². The second-order valence-corrected chi connectivity index (χ2v) is 10.2. The predicted octanol–water partition coefficient (Wildman–Crippen LogP) is 5.12. The van der Waals surface area contributed by atoms with Crippen LogP contribution in [0.2, 0.25) is 0 Å². The van der Waals surface area contributed by atoms with Crippen molar-refractivity contribution in [1.29, 1.82) is 0 Å². The van der Waals surface area contributed by atoms with Gasteiger partial charge in [-0.1, -0.05) is 24.3 Å². The molecular formula is C26H33NO2. The normalized spacial score (nSPS) is 32.7. The number of rotatable bonds is 6. The summed E-state index contributed by atoms with van der Waals surface area (Å²) in [5, 5.41) is 9.77. The number of nitrogens with zero attached hydrogens (tertiary/aromatic N) is 1. The smallest absolute Gasteiger partial charge is 0.119 e.